The van der Waals surface area contributed by atoms with Crippen LogP contribution in [-0.4, -0.2) is 28.4 Å². The molecular weight excluding hydrogens is 276 g/mol. The summed E-state index contributed by atoms with van der Waals surface area (Å²) in [5, 5.41) is 10.7. The van der Waals surface area contributed by atoms with E-state index in [1.54, 1.807) is 5.38 Å². The number of carbonyl (C=O) groups is 2. The number of hydrogen-bond acceptors (Lipinski definition) is 5. The summed E-state index contributed by atoms with van der Waals surface area (Å²) >= 11 is 1.12. The van der Waals surface area contributed by atoms with E-state index in [1.807, 2.05) is 24.3 Å². The lowest BCUT2D eigenvalue weighted by Crippen LogP contribution is -2.31. The summed E-state index contributed by atoms with van der Waals surface area (Å²) in [5.41, 5.74) is 2.35. The van der Waals surface area contributed by atoms with Gasteiger partial charge in [-0.25, -0.2) is 9.78 Å². The Morgan fingerprint density at radius 3 is 2.95 bits per heavy atom. The molecular formula is C14H12N2O3S. The van der Waals surface area contributed by atoms with Crippen molar-refractivity contribution in [2.24, 2.45) is 0 Å². The van der Waals surface area contributed by atoms with Crippen molar-refractivity contribution in [3.05, 3.63) is 45.9 Å². The third-order valence-corrected chi connectivity index (χ3v) is 4.12. The van der Waals surface area contributed by atoms with Gasteiger partial charge in [0, 0.05) is 29.6 Å². The minimum atomic E-state index is -1.00. The van der Waals surface area contributed by atoms with Gasteiger partial charge in [0.05, 0.1) is 12.2 Å². The van der Waals surface area contributed by atoms with E-state index in [1.165, 1.54) is 0 Å². The monoisotopic (exact) mass is 288 g/mol. The van der Waals surface area contributed by atoms with E-state index in [4.69, 9.17) is 5.11 Å². The molecule has 0 unspecified atom stereocenters. The molecule has 0 aliphatic carbocycles. The van der Waals surface area contributed by atoms with Crippen LogP contribution in [0.25, 0.3) is 0 Å². The van der Waals surface area contributed by atoms with Gasteiger partial charge in [0.25, 0.3) is 0 Å². The van der Waals surface area contributed by atoms with Crippen molar-refractivity contribution in [2.45, 2.75) is 13.0 Å². The van der Waals surface area contributed by atoms with Crippen molar-refractivity contribution >= 4 is 28.8 Å². The largest absolute Gasteiger partial charge is 0.476 e. The van der Waals surface area contributed by atoms with Gasteiger partial charge < -0.3 is 10.0 Å². The molecule has 0 atom stereocenters. The number of Topliss-reactive ketones (excluding diaryl/α,β-unsaturated/α-hetero) is 1. The Bertz CT molecular complexity index is 681. The van der Waals surface area contributed by atoms with Crippen molar-refractivity contribution in [3.63, 3.8) is 0 Å². The first kappa shape index (κ1) is 12.8. The zero-order valence-electron chi connectivity index (χ0n) is 10.6. The second-order valence-electron chi connectivity index (χ2n) is 4.56. The van der Waals surface area contributed by atoms with Crippen LogP contribution in [0.5, 0.6) is 0 Å². The zero-order valence-corrected chi connectivity index (χ0v) is 11.4. The topological polar surface area (TPSA) is 70.5 Å². The van der Waals surface area contributed by atoms with Crippen LogP contribution < -0.4 is 4.90 Å². The van der Waals surface area contributed by atoms with Gasteiger partial charge in [-0.3, -0.25) is 4.79 Å². The number of nitrogens with zero attached hydrogens (tertiary/aromatic N) is 2. The molecule has 1 N–H and O–H groups in total. The molecule has 0 saturated carbocycles. The van der Waals surface area contributed by atoms with E-state index in [0.717, 1.165) is 28.3 Å². The van der Waals surface area contributed by atoms with E-state index < -0.39 is 5.97 Å². The molecule has 1 aromatic heterocycles. The van der Waals surface area contributed by atoms with Gasteiger partial charge >= 0.3 is 5.97 Å². The first-order valence-electron chi connectivity index (χ1n) is 6.20. The summed E-state index contributed by atoms with van der Waals surface area (Å²) in [4.78, 5) is 28.9. The molecule has 2 aromatic rings. The highest BCUT2D eigenvalue weighted by Crippen LogP contribution is 2.28. The number of para-hydroxylation sites is 1. The molecule has 1 aliphatic rings. The van der Waals surface area contributed by atoms with E-state index in [2.05, 4.69) is 9.88 Å². The van der Waals surface area contributed by atoms with E-state index in [9.17, 15) is 9.59 Å². The highest BCUT2D eigenvalue weighted by molar-refractivity contribution is 7.11. The van der Waals surface area contributed by atoms with Gasteiger partial charge in [0.2, 0.25) is 5.01 Å². The summed E-state index contributed by atoms with van der Waals surface area (Å²) in [6, 6.07) is 7.49. The molecule has 102 valence electrons. The number of carboxylic acids is 1. The Hall–Kier alpha value is -2.21. The number of carboxylic acid groups (broad SMARTS) is 1. The molecule has 0 amide bonds. The van der Waals surface area contributed by atoms with Crippen molar-refractivity contribution in [2.75, 3.05) is 11.4 Å². The Kier molecular flexibility index (Phi) is 3.23. The van der Waals surface area contributed by atoms with E-state index in [0.29, 0.717) is 19.5 Å². The fourth-order valence-electron chi connectivity index (χ4n) is 2.31. The summed E-state index contributed by atoms with van der Waals surface area (Å²) in [6.45, 7) is 1.16. The van der Waals surface area contributed by atoms with Crippen LogP contribution in [0.2, 0.25) is 0 Å². The summed E-state index contributed by atoms with van der Waals surface area (Å²) in [7, 11) is 0. The predicted molar refractivity (Wildman–Crippen MR) is 75.5 cm³/mol. The molecule has 0 spiro atoms. The maximum atomic E-state index is 11.9. The average Bonchev–Trinajstić information content (AvgIpc) is 2.91. The van der Waals surface area contributed by atoms with Crippen LogP contribution >= 0.6 is 11.3 Å². The Labute approximate surface area is 119 Å². The third kappa shape index (κ3) is 2.30. The molecule has 2 heterocycles. The number of benzene rings is 1. The zero-order chi connectivity index (χ0) is 14.1. The number of rotatable bonds is 3. The quantitative estimate of drug-likeness (QED) is 0.939. The molecule has 5 nitrogen and oxygen atoms in total. The maximum absolute atomic E-state index is 11.9. The number of thiazole rings is 1. The van der Waals surface area contributed by atoms with Crippen LogP contribution in [0.15, 0.2) is 29.6 Å². The van der Waals surface area contributed by atoms with E-state index in [-0.39, 0.29) is 10.8 Å². The number of carbonyl (C=O) groups excluding carboxylic acids is 1. The van der Waals surface area contributed by atoms with Crippen LogP contribution in [0.3, 0.4) is 0 Å². The second-order valence-corrected chi connectivity index (χ2v) is 5.42. The van der Waals surface area contributed by atoms with Crippen LogP contribution in [0, 0.1) is 0 Å². The van der Waals surface area contributed by atoms with Crippen LogP contribution in [-0.2, 0) is 6.54 Å². The normalized spacial score (nSPS) is 14.2. The van der Waals surface area contributed by atoms with Gasteiger partial charge in [-0.2, -0.15) is 0 Å². The molecule has 20 heavy (non-hydrogen) atoms. The summed E-state index contributed by atoms with van der Waals surface area (Å²) in [6.07, 6.45) is 0.479. The number of aromatic carboxylic acids is 1. The minimum Gasteiger partial charge on any atom is -0.476 e. The number of fused-ring (bicyclic) bond motifs is 1. The second kappa shape index (κ2) is 5.05. The lowest BCUT2D eigenvalue weighted by Gasteiger charge is -2.29. The molecule has 0 saturated heterocycles. The maximum Gasteiger partial charge on any atom is 0.365 e. The van der Waals surface area contributed by atoms with Crippen molar-refractivity contribution in [3.8, 4) is 0 Å². The predicted octanol–water partition coefficient (Wildman–Crippen LogP) is 2.43. The SMILES string of the molecule is O=C(O)c1nc(CN2CCC(=O)c3ccccc32)cs1. The Morgan fingerprint density at radius 2 is 2.20 bits per heavy atom. The smallest absolute Gasteiger partial charge is 0.365 e. The first-order valence-corrected chi connectivity index (χ1v) is 7.08. The van der Waals surface area contributed by atoms with Gasteiger partial charge in [0.15, 0.2) is 5.78 Å². The fourth-order valence-corrected chi connectivity index (χ4v) is 2.96. The first-order chi connectivity index (χ1) is 9.65. The number of anilines is 1. The molecule has 1 aliphatic heterocycles. The Morgan fingerprint density at radius 1 is 1.40 bits per heavy atom. The van der Waals surface area contributed by atoms with Crippen LogP contribution in [0.1, 0.15) is 32.3 Å². The average molecular weight is 288 g/mol. The van der Waals surface area contributed by atoms with Gasteiger partial charge in [-0.15, -0.1) is 11.3 Å². The van der Waals surface area contributed by atoms with Crippen molar-refractivity contribution < 1.29 is 14.7 Å². The van der Waals surface area contributed by atoms with E-state index >= 15 is 0 Å². The van der Waals surface area contributed by atoms with Crippen molar-refractivity contribution in [1.29, 1.82) is 0 Å². The number of ketones is 1. The van der Waals surface area contributed by atoms with Crippen molar-refractivity contribution in [1.82, 2.24) is 4.98 Å². The summed E-state index contributed by atoms with van der Waals surface area (Å²) < 4.78 is 0. The lowest BCUT2D eigenvalue weighted by molar-refractivity contribution is 0.0696. The molecule has 6 heteroatoms. The fraction of sp³-hybridized carbons (Fsp3) is 0.214. The number of hydrogen-bond donors (Lipinski definition) is 1. The number of aromatic nitrogens is 1. The molecule has 0 fully saturated rings. The lowest BCUT2D eigenvalue weighted by atomic mass is 10.0. The highest BCUT2D eigenvalue weighted by atomic mass is 32.1. The third-order valence-electron chi connectivity index (χ3n) is 3.24. The standard InChI is InChI=1S/C14H12N2O3S/c17-12-5-6-16(11-4-2-1-3-10(11)12)7-9-8-20-13(15-9)14(18)19/h1-4,8H,5-7H2,(H,18,19). The molecule has 3 rings (SSSR count). The van der Waals surface area contributed by atoms with Gasteiger partial charge in [-0.1, -0.05) is 12.1 Å². The molecule has 0 radical (unpaired) electrons. The van der Waals surface area contributed by atoms with Crippen LogP contribution in [0.4, 0.5) is 5.69 Å². The highest BCUT2D eigenvalue weighted by Gasteiger charge is 2.23. The minimum absolute atomic E-state index is 0.0985. The Balaban J connectivity index is 1.86. The van der Waals surface area contributed by atoms with Gasteiger partial charge in [-0.05, 0) is 12.1 Å². The van der Waals surface area contributed by atoms with Gasteiger partial charge in [0.1, 0.15) is 0 Å². The molecule has 0 bridgehead atoms. The summed E-state index contributed by atoms with van der Waals surface area (Å²) in [5.74, 6) is -0.850. The molecule has 1 aromatic carbocycles.